The van der Waals surface area contributed by atoms with Crippen LogP contribution in [0, 0.1) is 5.92 Å². The SMILES string of the molecule is C/C(=N/NC(=O)c1nnn(-c2nonc2N)c1CN1CCC(C)CC1)c1ccc(OC(=O)c2ccccc2)cc1. The minimum atomic E-state index is -0.533. The number of aromatic nitrogens is 5. The van der Waals surface area contributed by atoms with E-state index in [0.29, 0.717) is 35.2 Å². The number of piperidine rings is 1. The Morgan fingerprint density at radius 1 is 1.07 bits per heavy atom. The van der Waals surface area contributed by atoms with Gasteiger partial charge in [0.25, 0.3) is 5.91 Å². The number of hydrazone groups is 1. The van der Waals surface area contributed by atoms with Gasteiger partial charge in [-0.05, 0) is 91.0 Å². The maximum absolute atomic E-state index is 13.2. The first-order valence-electron chi connectivity index (χ1n) is 12.9. The van der Waals surface area contributed by atoms with Gasteiger partial charge in [-0.2, -0.15) is 9.78 Å². The molecule has 0 atom stereocenters. The fourth-order valence-electron chi connectivity index (χ4n) is 4.32. The molecule has 1 amide bonds. The summed E-state index contributed by atoms with van der Waals surface area (Å²) in [5.41, 5.74) is 10.8. The maximum Gasteiger partial charge on any atom is 0.343 e. The number of nitrogens with one attached hydrogen (secondary N) is 1. The molecule has 1 aliphatic rings. The van der Waals surface area contributed by atoms with Gasteiger partial charge in [-0.3, -0.25) is 9.69 Å². The first-order chi connectivity index (χ1) is 19.4. The van der Waals surface area contributed by atoms with Crippen LogP contribution in [-0.4, -0.2) is 60.9 Å². The summed E-state index contributed by atoms with van der Waals surface area (Å²) in [4.78, 5) is 27.7. The minimum absolute atomic E-state index is 0.0390. The van der Waals surface area contributed by atoms with Gasteiger partial charge in [-0.25, -0.2) is 14.8 Å². The lowest BCUT2D eigenvalue weighted by atomic mass is 9.99. The number of ether oxygens (including phenoxy) is 1. The molecule has 4 aromatic rings. The summed E-state index contributed by atoms with van der Waals surface area (Å²) in [6.45, 7) is 6.16. The van der Waals surface area contributed by atoms with E-state index in [4.69, 9.17) is 15.1 Å². The smallest absolute Gasteiger partial charge is 0.343 e. The van der Waals surface area contributed by atoms with Gasteiger partial charge < -0.3 is 10.5 Å². The van der Waals surface area contributed by atoms with Crippen LogP contribution in [0.5, 0.6) is 5.75 Å². The van der Waals surface area contributed by atoms with Crippen LogP contribution in [0.4, 0.5) is 5.82 Å². The second kappa shape index (κ2) is 11.9. The Hall–Kier alpha value is -4.91. The summed E-state index contributed by atoms with van der Waals surface area (Å²) >= 11 is 0. The van der Waals surface area contributed by atoms with E-state index in [0.717, 1.165) is 31.5 Å². The van der Waals surface area contributed by atoms with E-state index in [1.807, 2.05) is 6.07 Å². The fourth-order valence-corrected chi connectivity index (χ4v) is 4.32. The number of nitrogens with zero attached hydrogens (tertiary/aromatic N) is 7. The molecule has 2 aromatic carbocycles. The van der Waals surface area contributed by atoms with Gasteiger partial charge >= 0.3 is 5.97 Å². The van der Waals surface area contributed by atoms with E-state index >= 15 is 0 Å². The molecule has 3 N–H and O–H groups in total. The molecule has 2 aromatic heterocycles. The zero-order valence-corrected chi connectivity index (χ0v) is 22.1. The lowest BCUT2D eigenvalue weighted by molar-refractivity contribution is 0.0734. The Morgan fingerprint density at radius 3 is 2.48 bits per heavy atom. The summed E-state index contributed by atoms with van der Waals surface area (Å²) in [7, 11) is 0. The predicted molar refractivity (Wildman–Crippen MR) is 145 cm³/mol. The third kappa shape index (κ3) is 6.04. The van der Waals surface area contributed by atoms with Crippen LogP contribution >= 0.6 is 0 Å². The molecule has 1 aliphatic heterocycles. The van der Waals surface area contributed by atoms with Crippen LogP contribution < -0.4 is 15.9 Å². The highest BCUT2D eigenvalue weighted by Gasteiger charge is 2.27. The summed E-state index contributed by atoms with van der Waals surface area (Å²) in [5.74, 6) is 0.271. The van der Waals surface area contributed by atoms with Crippen molar-refractivity contribution >= 4 is 23.4 Å². The van der Waals surface area contributed by atoms with Gasteiger partial charge in [0, 0.05) is 6.54 Å². The Bertz CT molecular complexity index is 1500. The number of carbonyl (C=O) groups is 2. The van der Waals surface area contributed by atoms with Crippen molar-refractivity contribution in [3.05, 3.63) is 77.1 Å². The van der Waals surface area contributed by atoms with E-state index in [-0.39, 0.29) is 17.3 Å². The highest BCUT2D eigenvalue weighted by atomic mass is 16.6. The topological polar surface area (TPSA) is 167 Å². The second-order valence-corrected chi connectivity index (χ2v) is 9.65. The lowest BCUT2D eigenvalue weighted by Gasteiger charge is -2.30. The molecule has 1 saturated heterocycles. The van der Waals surface area contributed by atoms with E-state index in [9.17, 15) is 9.59 Å². The molecule has 0 spiro atoms. The van der Waals surface area contributed by atoms with Crippen molar-refractivity contribution < 1.29 is 19.0 Å². The van der Waals surface area contributed by atoms with E-state index in [1.54, 1.807) is 55.5 Å². The maximum atomic E-state index is 13.2. The number of nitrogens with two attached hydrogens (primary N) is 1. The Morgan fingerprint density at radius 2 is 1.80 bits per heavy atom. The fraction of sp³-hybridized carbons (Fsp3) is 0.296. The number of benzene rings is 2. The average Bonchev–Trinajstić information content (AvgIpc) is 3.59. The number of nitrogen functional groups attached to an aromatic ring is 1. The molecule has 13 nitrogen and oxygen atoms in total. The van der Waals surface area contributed by atoms with Gasteiger partial charge in [0.15, 0.2) is 5.69 Å². The first kappa shape index (κ1) is 26.7. The van der Waals surface area contributed by atoms with Crippen molar-refractivity contribution in [2.24, 2.45) is 11.0 Å². The van der Waals surface area contributed by atoms with Crippen LogP contribution in [-0.2, 0) is 6.54 Å². The Kier molecular flexibility index (Phi) is 7.92. The minimum Gasteiger partial charge on any atom is -0.423 e. The number of hydrogen-bond donors (Lipinski definition) is 2. The highest BCUT2D eigenvalue weighted by Crippen LogP contribution is 2.22. The van der Waals surface area contributed by atoms with E-state index < -0.39 is 11.9 Å². The number of esters is 1. The van der Waals surface area contributed by atoms with Crippen molar-refractivity contribution in [2.45, 2.75) is 33.2 Å². The van der Waals surface area contributed by atoms with Crippen molar-refractivity contribution in [1.29, 1.82) is 0 Å². The molecule has 206 valence electrons. The van der Waals surface area contributed by atoms with Crippen LogP contribution in [0.3, 0.4) is 0 Å². The van der Waals surface area contributed by atoms with Crippen molar-refractivity contribution in [3.8, 4) is 11.6 Å². The van der Waals surface area contributed by atoms with Crippen LogP contribution in [0.2, 0.25) is 0 Å². The summed E-state index contributed by atoms with van der Waals surface area (Å²) in [6.07, 6.45) is 2.12. The summed E-state index contributed by atoms with van der Waals surface area (Å²) < 4.78 is 11.5. The quantitative estimate of drug-likeness (QED) is 0.146. The molecule has 5 rings (SSSR count). The zero-order chi connectivity index (χ0) is 28.1. The predicted octanol–water partition coefficient (Wildman–Crippen LogP) is 2.84. The van der Waals surface area contributed by atoms with E-state index in [1.165, 1.54) is 4.68 Å². The van der Waals surface area contributed by atoms with Crippen LogP contribution in [0.15, 0.2) is 64.3 Å². The molecular formula is C27H29N9O4. The number of amides is 1. The molecule has 0 bridgehead atoms. The molecule has 0 aliphatic carbocycles. The van der Waals surface area contributed by atoms with Gasteiger partial charge in [0.05, 0.1) is 17.0 Å². The zero-order valence-electron chi connectivity index (χ0n) is 22.1. The van der Waals surface area contributed by atoms with Gasteiger partial charge in [-0.15, -0.1) is 5.10 Å². The third-order valence-corrected chi connectivity index (χ3v) is 6.74. The number of anilines is 1. The average molecular weight is 544 g/mol. The molecule has 13 heteroatoms. The molecule has 0 radical (unpaired) electrons. The number of carbonyl (C=O) groups excluding carboxylic acids is 2. The number of likely N-dealkylation sites (tertiary alicyclic amines) is 1. The lowest BCUT2D eigenvalue weighted by Crippen LogP contribution is -2.34. The third-order valence-electron chi connectivity index (χ3n) is 6.74. The molecule has 0 unspecified atom stereocenters. The van der Waals surface area contributed by atoms with Crippen molar-refractivity contribution in [3.63, 3.8) is 0 Å². The van der Waals surface area contributed by atoms with Crippen molar-refractivity contribution in [2.75, 3.05) is 18.8 Å². The molecule has 3 heterocycles. The number of hydrogen-bond acceptors (Lipinski definition) is 11. The highest BCUT2D eigenvalue weighted by molar-refractivity contribution is 6.01. The molecule has 0 saturated carbocycles. The molecule has 40 heavy (non-hydrogen) atoms. The monoisotopic (exact) mass is 543 g/mol. The second-order valence-electron chi connectivity index (χ2n) is 9.65. The van der Waals surface area contributed by atoms with Crippen molar-refractivity contribution in [1.82, 2.24) is 35.6 Å². The molecular weight excluding hydrogens is 514 g/mol. The normalized spacial score (nSPS) is 14.7. The first-order valence-corrected chi connectivity index (χ1v) is 12.9. The van der Waals surface area contributed by atoms with Gasteiger partial charge in [0.1, 0.15) is 5.75 Å². The van der Waals surface area contributed by atoms with E-state index in [2.05, 4.69) is 43.0 Å². The van der Waals surface area contributed by atoms with Gasteiger partial charge in [0.2, 0.25) is 11.6 Å². The van der Waals surface area contributed by atoms with Gasteiger partial charge in [-0.1, -0.05) is 30.3 Å². The van der Waals surface area contributed by atoms with Crippen LogP contribution in [0.1, 0.15) is 58.8 Å². The summed E-state index contributed by atoms with van der Waals surface area (Å²) in [6, 6.07) is 15.6. The Balaban J connectivity index is 1.29. The molecule has 1 fully saturated rings. The van der Waals surface area contributed by atoms with Crippen LogP contribution in [0.25, 0.3) is 5.82 Å². The Labute approximate surface area is 229 Å². The summed E-state index contributed by atoms with van der Waals surface area (Å²) in [5, 5.41) is 19.9. The standard InChI is InChI=1S/C27H29N9O4/c1-17-12-14-35(15-13-17)16-22-23(30-34-36(22)25-24(28)32-40-33-25)26(37)31-29-18(2)19-8-10-21(11-9-19)39-27(38)20-6-4-3-5-7-20/h3-11,17H,12-16H2,1-2H3,(H2,28,32)(H,31,37)/b29-18-. The largest absolute Gasteiger partial charge is 0.423 e. The number of rotatable bonds is 8.